The van der Waals surface area contributed by atoms with Gasteiger partial charge in [0.15, 0.2) is 0 Å². The maximum atomic E-state index is 9.41. The number of nitrogens with one attached hydrogen (secondary N) is 1. The molecule has 0 saturated carbocycles. The summed E-state index contributed by atoms with van der Waals surface area (Å²) in [7, 11) is 0. The predicted octanol–water partition coefficient (Wildman–Crippen LogP) is 1.90. The second kappa shape index (κ2) is 3.51. The molecule has 3 rings (SSSR count). The molecule has 0 fully saturated rings. The maximum Gasteiger partial charge on any atom is 0.136 e. The van der Waals surface area contributed by atoms with Gasteiger partial charge in [-0.25, -0.2) is 15.2 Å². The summed E-state index contributed by atoms with van der Waals surface area (Å²) in [5.41, 5.74) is 2.36. The summed E-state index contributed by atoms with van der Waals surface area (Å²) in [6, 6.07) is 3.72. The van der Waals surface area contributed by atoms with Crippen molar-refractivity contribution in [3.63, 3.8) is 0 Å². The van der Waals surface area contributed by atoms with Gasteiger partial charge in [0.05, 0.1) is 0 Å². The first-order valence-electron chi connectivity index (χ1n) is 3.60. The van der Waals surface area contributed by atoms with Gasteiger partial charge in [-0.3, -0.25) is 0 Å². The molecule has 4 N–H and O–H groups in total. The highest BCUT2D eigenvalue weighted by atomic mass is 127. The van der Waals surface area contributed by atoms with Crippen molar-refractivity contribution in [2.24, 2.45) is 0 Å². The molecule has 5 nitrogen and oxygen atoms in total. The molecule has 0 spiro atoms. The van der Waals surface area contributed by atoms with E-state index in [1.165, 1.54) is 10.5 Å². The Hall–Kier alpha value is -0.0600. The lowest BCUT2D eigenvalue weighted by molar-refractivity contribution is -0.465. The third-order valence-corrected chi connectivity index (χ3v) is 4.76. The first-order chi connectivity index (χ1) is 6.65. The van der Waals surface area contributed by atoms with E-state index >= 15 is 0 Å². The van der Waals surface area contributed by atoms with Gasteiger partial charge in [0.25, 0.3) is 0 Å². The average molecular weight is 327 g/mol. The van der Waals surface area contributed by atoms with Crippen LogP contribution >= 0.6 is 34.5 Å². The Morgan fingerprint density at radius 3 is 2.57 bits per heavy atom. The Labute approximate surface area is 97.2 Å². The van der Waals surface area contributed by atoms with Crippen LogP contribution in [0.3, 0.4) is 0 Å². The van der Waals surface area contributed by atoms with E-state index in [1.54, 1.807) is 18.0 Å². The molecule has 76 valence electrons. The van der Waals surface area contributed by atoms with Gasteiger partial charge in [-0.15, -0.1) is 0 Å². The molecule has 0 radical (unpaired) electrons. The van der Waals surface area contributed by atoms with Crippen LogP contribution in [0.1, 0.15) is 11.1 Å². The van der Waals surface area contributed by atoms with Crippen LogP contribution in [0.4, 0.5) is 0 Å². The molecule has 1 aliphatic carbocycles. The van der Waals surface area contributed by atoms with Crippen LogP contribution in [0.5, 0.6) is 5.75 Å². The van der Waals surface area contributed by atoms with Crippen molar-refractivity contribution >= 4 is 34.5 Å². The molecular formula is C7H6INO4S. The van der Waals surface area contributed by atoms with Crippen LogP contribution in [-0.2, 0) is 8.58 Å². The zero-order chi connectivity index (χ0) is 10.3. The van der Waals surface area contributed by atoms with Gasteiger partial charge >= 0.3 is 0 Å². The van der Waals surface area contributed by atoms with Gasteiger partial charge in [-0.1, -0.05) is 5.04 Å². The summed E-state index contributed by atoms with van der Waals surface area (Å²) < 4.78 is 3.23. The minimum Gasteiger partial charge on any atom is -0.508 e. The molecular weight excluding hydrogens is 321 g/mol. The van der Waals surface area contributed by atoms with Crippen LogP contribution in [-0.4, -0.2) is 15.6 Å². The van der Waals surface area contributed by atoms with Crippen molar-refractivity contribution in [1.29, 1.82) is 0 Å². The van der Waals surface area contributed by atoms with E-state index in [2.05, 4.69) is 32.4 Å². The van der Waals surface area contributed by atoms with Gasteiger partial charge in [0.2, 0.25) is 0 Å². The van der Waals surface area contributed by atoms with Gasteiger partial charge in [-0.2, -0.15) is 0 Å². The van der Waals surface area contributed by atoms with Crippen molar-refractivity contribution < 1.29 is 20.7 Å². The van der Waals surface area contributed by atoms with E-state index in [-0.39, 0.29) is 3.55 Å². The van der Waals surface area contributed by atoms with Crippen molar-refractivity contribution in [2.45, 2.75) is 8.44 Å². The average Bonchev–Trinajstić information content (AvgIpc) is 2.62. The van der Waals surface area contributed by atoms with E-state index < -0.39 is 0 Å². The summed E-state index contributed by atoms with van der Waals surface area (Å²) in [5.74, 6) is 0.422. The number of rotatable bonds is 0. The topological polar surface area (TPSA) is 82.0 Å². The second-order valence-electron chi connectivity index (χ2n) is 2.78. The zero-order valence-corrected chi connectivity index (χ0v) is 9.66. The van der Waals surface area contributed by atoms with Crippen LogP contribution in [0.25, 0.3) is 0 Å². The van der Waals surface area contributed by atoms with Crippen molar-refractivity contribution in [1.82, 2.24) is 4.72 Å². The number of phenolic OH excluding ortho intramolecular Hbond substituents is 1. The van der Waals surface area contributed by atoms with Crippen molar-refractivity contribution in [3.05, 3.63) is 23.3 Å². The summed E-state index contributed by atoms with van der Waals surface area (Å²) >= 11 is 3.97. The lowest BCUT2D eigenvalue weighted by Crippen LogP contribution is -2.11. The van der Waals surface area contributed by atoms with E-state index in [1.807, 2.05) is 6.07 Å². The molecule has 1 aromatic rings. The Kier molecular flexibility index (Phi) is 2.62. The molecule has 14 heavy (non-hydrogen) atoms. The summed E-state index contributed by atoms with van der Waals surface area (Å²) in [6.45, 7) is 0. The predicted molar refractivity (Wildman–Crippen MR) is 58.2 cm³/mol. The van der Waals surface area contributed by atoms with Crippen LogP contribution in [0.2, 0.25) is 0 Å². The molecule has 2 aliphatic rings. The first-order valence-corrected chi connectivity index (χ1v) is 5.49. The Morgan fingerprint density at radius 2 is 2.00 bits per heavy atom. The van der Waals surface area contributed by atoms with Crippen LogP contribution in [0.15, 0.2) is 17.0 Å². The Morgan fingerprint density at radius 1 is 1.36 bits per heavy atom. The van der Waals surface area contributed by atoms with Crippen LogP contribution in [0, 0.1) is 0 Å². The fourth-order valence-corrected chi connectivity index (χ4v) is 3.92. The fourth-order valence-electron chi connectivity index (χ4n) is 1.49. The normalized spacial score (nSPS) is 25.1. The quantitative estimate of drug-likeness (QED) is 0.146. The molecule has 0 aromatic heterocycles. The molecule has 1 heterocycles. The lowest BCUT2D eigenvalue weighted by atomic mass is 10.3. The summed E-state index contributed by atoms with van der Waals surface area (Å²) in [4.78, 5) is 1.26. The van der Waals surface area contributed by atoms with Crippen molar-refractivity contribution in [3.8, 4) is 5.75 Å². The van der Waals surface area contributed by atoms with Gasteiger partial charge in [-0.05, 0) is 46.7 Å². The first kappa shape index (κ1) is 10.5. The minimum absolute atomic E-state index is 0.0364. The highest BCUT2D eigenvalue weighted by Gasteiger charge is 2.57. The summed E-state index contributed by atoms with van der Waals surface area (Å²) in [6.07, 6.45) is 0. The number of halogens is 1. The lowest BCUT2D eigenvalue weighted by Gasteiger charge is -2.04. The number of hydrogen-bond donors (Lipinski definition) is 4. The third kappa shape index (κ3) is 1.32. The molecule has 0 bridgehead atoms. The van der Waals surface area contributed by atoms with E-state index in [0.717, 1.165) is 5.56 Å². The molecule has 1 atom stereocenters. The standard InChI is InChI=1S/C7H4INOS.H2O3/c8-7-5-3(10)1-2-4(6(5)7)11-9-7;1-3-2/h1-2,9-10H;1-2H. The van der Waals surface area contributed by atoms with E-state index in [0.29, 0.717) is 5.75 Å². The smallest absolute Gasteiger partial charge is 0.136 e. The van der Waals surface area contributed by atoms with E-state index in [4.69, 9.17) is 10.5 Å². The monoisotopic (exact) mass is 327 g/mol. The number of benzene rings is 1. The Balaban J connectivity index is 0.000000226. The minimum atomic E-state index is -0.0364. The molecule has 1 unspecified atom stereocenters. The fraction of sp³-hybridized carbons (Fsp3) is 0.143. The van der Waals surface area contributed by atoms with E-state index in [9.17, 15) is 5.11 Å². The van der Waals surface area contributed by atoms with Crippen molar-refractivity contribution in [2.75, 3.05) is 0 Å². The Bertz CT molecular complexity index is 381. The summed E-state index contributed by atoms with van der Waals surface area (Å²) in [5, 5.41) is 24.9. The molecule has 0 amide bonds. The number of fused-ring (bicyclic) bond motifs is 1. The highest BCUT2D eigenvalue weighted by molar-refractivity contribution is 14.1. The SMILES string of the molecule is OOO.Oc1ccc2c3c1C3(I)NS2. The number of aromatic hydroxyl groups is 1. The third-order valence-electron chi connectivity index (χ3n) is 2.07. The molecule has 1 aromatic carbocycles. The van der Waals surface area contributed by atoms with Crippen LogP contribution < -0.4 is 4.72 Å². The highest BCUT2D eigenvalue weighted by Crippen LogP contribution is 2.65. The largest absolute Gasteiger partial charge is 0.508 e. The number of phenols is 1. The van der Waals surface area contributed by atoms with Gasteiger partial charge in [0.1, 0.15) is 9.30 Å². The number of alkyl halides is 1. The van der Waals surface area contributed by atoms with Gasteiger partial charge < -0.3 is 5.11 Å². The van der Waals surface area contributed by atoms with Gasteiger partial charge in [0, 0.05) is 16.0 Å². The molecule has 7 heteroatoms. The molecule has 1 aliphatic heterocycles. The maximum absolute atomic E-state index is 9.41. The zero-order valence-electron chi connectivity index (χ0n) is 6.69. The molecule has 0 saturated heterocycles. The number of hydrogen-bond acceptors (Lipinski definition) is 6. The second-order valence-corrected chi connectivity index (χ2v) is 5.24.